The number of halogens is 1. The van der Waals surface area contributed by atoms with Crippen LogP contribution in [0.3, 0.4) is 0 Å². The topological polar surface area (TPSA) is 44.7 Å². The maximum Gasteiger partial charge on any atom is 0.128 e. The molecule has 0 heterocycles. The number of hydrogen-bond donors (Lipinski definition) is 2. The second-order valence-corrected chi connectivity index (χ2v) is 6.76. The largest absolute Gasteiger partial charge is 0.488 e. The van der Waals surface area contributed by atoms with Gasteiger partial charge in [-0.2, -0.15) is 0 Å². The van der Waals surface area contributed by atoms with Crippen LogP contribution in [0.2, 0.25) is 0 Å². The van der Waals surface area contributed by atoms with E-state index in [4.69, 9.17) is 4.74 Å². The summed E-state index contributed by atoms with van der Waals surface area (Å²) in [6, 6.07) is 16.1. The lowest BCUT2D eigenvalue weighted by Crippen LogP contribution is -2.49. The maximum absolute atomic E-state index is 13.0. The predicted molar refractivity (Wildman–Crippen MR) is 96.0 cm³/mol. The van der Waals surface area contributed by atoms with Gasteiger partial charge in [-0.1, -0.05) is 30.3 Å². The van der Waals surface area contributed by atoms with Gasteiger partial charge in [0, 0.05) is 19.0 Å². The molecule has 1 aliphatic carbocycles. The first-order valence-electron chi connectivity index (χ1n) is 8.58. The summed E-state index contributed by atoms with van der Waals surface area (Å²) in [4.78, 5) is 2.03. The Hall–Kier alpha value is -1.95. The third kappa shape index (κ3) is 4.37. The van der Waals surface area contributed by atoms with Crippen LogP contribution in [-0.4, -0.2) is 48.4 Å². The van der Waals surface area contributed by atoms with E-state index in [0.717, 1.165) is 11.3 Å². The van der Waals surface area contributed by atoms with Gasteiger partial charge >= 0.3 is 0 Å². The highest BCUT2D eigenvalue weighted by molar-refractivity contribution is 5.22. The molecule has 0 spiro atoms. The minimum absolute atomic E-state index is 0.0471. The van der Waals surface area contributed by atoms with E-state index in [-0.39, 0.29) is 24.0 Å². The summed E-state index contributed by atoms with van der Waals surface area (Å²) >= 11 is 0. The first-order valence-corrected chi connectivity index (χ1v) is 8.58. The van der Waals surface area contributed by atoms with Crippen molar-refractivity contribution in [3.63, 3.8) is 0 Å². The second-order valence-electron chi connectivity index (χ2n) is 6.76. The van der Waals surface area contributed by atoms with Gasteiger partial charge in [-0.05, 0) is 43.9 Å². The van der Waals surface area contributed by atoms with E-state index < -0.39 is 6.10 Å². The maximum atomic E-state index is 13.0. The molecule has 25 heavy (non-hydrogen) atoms. The van der Waals surface area contributed by atoms with Gasteiger partial charge in [-0.15, -0.1) is 0 Å². The Morgan fingerprint density at radius 3 is 2.44 bits per heavy atom. The molecule has 0 amide bonds. The molecule has 0 radical (unpaired) electrons. The highest BCUT2D eigenvalue weighted by Crippen LogP contribution is 2.28. The quantitative estimate of drug-likeness (QED) is 0.845. The van der Waals surface area contributed by atoms with Crippen molar-refractivity contribution in [3.8, 4) is 5.75 Å². The van der Waals surface area contributed by atoms with Crippen LogP contribution in [0.4, 0.5) is 4.39 Å². The van der Waals surface area contributed by atoms with Crippen LogP contribution in [0.15, 0.2) is 54.6 Å². The molecule has 0 aliphatic heterocycles. The van der Waals surface area contributed by atoms with Crippen molar-refractivity contribution in [2.75, 3.05) is 14.1 Å². The molecule has 3 rings (SSSR count). The molecular formula is C20H25FN2O2. The molecule has 2 aromatic carbocycles. The average molecular weight is 344 g/mol. The standard InChI is InChI=1S/C20H25FN2O2/c1-23(2)19-17(22-13-14-8-10-15(21)11-9-14)12-18(20(19)24)25-16-6-4-3-5-7-16/h3-11,17-20,22,24H,12-13H2,1-2H3/t17-,18-,19+,20+/m1/s1. The Kier molecular flexibility index (Phi) is 5.68. The van der Waals surface area contributed by atoms with Crippen LogP contribution < -0.4 is 10.1 Å². The van der Waals surface area contributed by atoms with Gasteiger partial charge in [0.25, 0.3) is 0 Å². The van der Waals surface area contributed by atoms with Crippen LogP contribution in [0.25, 0.3) is 0 Å². The zero-order valence-corrected chi connectivity index (χ0v) is 14.6. The van der Waals surface area contributed by atoms with Crippen LogP contribution in [-0.2, 0) is 6.54 Å². The molecule has 134 valence electrons. The van der Waals surface area contributed by atoms with E-state index in [1.165, 1.54) is 12.1 Å². The lowest BCUT2D eigenvalue weighted by atomic mass is 10.1. The smallest absolute Gasteiger partial charge is 0.128 e. The van der Waals surface area contributed by atoms with E-state index in [2.05, 4.69) is 5.32 Å². The van der Waals surface area contributed by atoms with E-state index in [0.29, 0.717) is 13.0 Å². The molecule has 1 fully saturated rings. The monoisotopic (exact) mass is 344 g/mol. The first kappa shape index (κ1) is 17.9. The minimum Gasteiger partial charge on any atom is -0.488 e. The molecule has 5 heteroatoms. The van der Waals surface area contributed by atoms with Gasteiger partial charge in [0.05, 0.1) is 6.04 Å². The molecule has 4 nitrogen and oxygen atoms in total. The number of aliphatic hydroxyl groups excluding tert-OH is 1. The van der Waals surface area contributed by atoms with Crippen molar-refractivity contribution in [2.45, 2.75) is 37.3 Å². The summed E-state index contributed by atoms with van der Waals surface area (Å²) in [6.45, 7) is 0.625. The number of nitrogens with zero attached hydrogens (tertiary/aromatic N) is 1. The normalized spacial score (nSPS) is 26.1. The van der Waals surface area contributed by atoms with Gasteiger partial charge in [-0.25, -0.2) is 4.39 Å². The number of rotatable bonds is 6. The van der Waals surface area contributed by atoms with Gasteiger partial charge < -0.3 is 20.1 Å². The Morgan fingerprint density at radius 1 is 1.12 bits per heavy atom. The Morgan fingerprint density at radius 2 is 1.80 bits per heavy atom. The molecule has 4 atom stereocenters. The third-order valence-electron chi connectivity index (χ3n) is 4.74. The van der Waals surface area contributed by atoms with Crippen LogP contribution in [0.5, 0.6) is 5.75 Å². The van der Waals surface area contributed by atoms with Gasteiger partial charge in [-0.3, -0.25) is 0 Å². The number of para-hydroxylation sites is 1. The second kappa shape index (κ2) is 7.95. The van der Waals surface area contributed by atoms with Crippen LogP contribution >= 0.6 is 0 Å². The van der Waals surface area contributed by atoms with Crippen molar-refractivity contribution in [1.29, 1.82) is 0 Å². The number of aliphatic hydroxyl groups is 1. The van der Waals surface area contributed by atoms with Crippen molar-refractivity contribution in [2.24, 2.45) is 0 Å². The average Bonchev–Trinajstić information content (AvgIpc) is 2.91. The molecule has 0 aromatic heterocycles. The zero-order valence-electron chi connectivity index (χ0n) is 14.6. The fourth-order valence-electron chi connectivity index (χ4n) is 3.50. The Labute approximate surface area is 148 Å². The van der Waals surface area contributed by atoms with Gasteiger partial charge in [0.2, 0.25) is 0 Å². The summed E-state index contributed by atoms with van der Waals surface area (Å²) in [6.07, 6.45) is -0.137. The van der Waals surface area contributed by atoms with Crippen molar-refractivity contribution < 1.29 is 14.2 Å². The SMILES string of the molecule is CN(C)[C@@H]1[C@@H](O)[C@H](Oc2ccccc2)C[C@H]1NCc1ccc(F)cc1. The number of benzene rings is 2. The molecule has 2 aromatic rings. The summed E-state index contributed by atoms with van der Waals surface area (Å²) in [5.41, 5.74) is 1.01. The summed E-state index contributed by atoms with van der Waals surface area (Å²) in [5.74, 6) is 0.533. The van der Waals surface area contributed by atoms with Gasteiger partial charge in [0.15, 0.2) is 0 Å². The van der Waals surface area contributed by atoms with E-state index in [1.807, 2.05) is 49.3 Å². The highest BCUT2D eigenvalue weighted by atomic mass is 19.1. The minimum atomic E-state index is -0.582. The van der Waals surface area contributed by atoms with Gasteiger partial charge in [0.1, 0.15) is 23.8 Å². The number of hydrogen-bond acceptors (Lipinski definition) is 4. The number of nitrogens with one attached hydrogen (secondary N) is 1. The van der Waals surface area contributed by atoms with Crippen molar-refractivity contribution in [1.82, 2.24) is 10.2 Å². The number of ether oxygens (including phenoxy) is 1. The van der Waals surface area contributed by atoms with E-state index >= 15 is 0 Å². The summed E-state index contributed by atoms with van der Waals surface area (Å²) in [5, 5.41) is 14.2. The summed E-state index contributed by atoms with van der Waals surface area (Å²) in [7, 11) is 3.93. The lowest BCUT2D eigenvalue weighted by molar-refractivity contribution is 0.0210. The Bertz CT molecular complexity index is 663. The molecule has 2 N–H and O–H groups in total. The molecule has 0 bridgehead atoms. The van der Waals surface area contributed by atoms with E-state index in [9.17, 15) is 9.50 Å². The molecule has 1 aliphatic rings. The zero-order chi connectivity index (χ0) is 17.8. The van der Waals surface area contributed by atoms with Crippen LogP contribution in [0, 0.1) is 5.82 Å². The van der Waals surface area contributed by atoms with Crippen LogP contribution in [0.1, 0.15) is 12.0 Å². The third-order valence-corrected chi connectivity index (χ3v) is 4.74. The first-order chi connectivity index (χ1) is 12.0. The fourth-order valence-corrected chi connectivity index (χ4v) is 3.50. The molecule has 0 saturated heterocycles. The van der Waals surface area contributed by atoms with E-state index in [1.54, 1.807) is 12.1 Å². The van der Waals surface area contributed by atoms with Crippen molar-refractivity contribution >= 4 is 0 Å². The number of likely N-dealkylation sites (N-methyl/N-ethyl adjacent to an activating group) is 1. The van der Waals surface area contributed by atoms with Crippen molar-refractivity contribution in [3.05, 3.63) is 66.0 Å². The predicted octanol–water partition coefficient (Wildman–Crippen LogP) is 2.43. The fraction of sp³-hybridized carbons (Fsp3) is 0.400. The lowest BCUT2D eigenvalue weighted by Gasteiger charge is -2.29. The molecular weight excluding hydrogens is 319 g/mol. The highest BCUT2D eigenvalue weighted by Gasteiger charge is 2.44. The summed E-state index contributed by atoms with van der Waals surface area (Å²) < 4.78 is 19.0. The molecule has 1 saturated carbocycles. The Balaban J connectivity index is 1.66. The molecule has 0 unspecified atom stereocenters.